The number of amides is 4. The van der Waals surface area contributed by atoms with E-state index < -0.39 is 46.8 Å². The number of carboxylic acids is 1. The summed E-state index contributed by atoms with van der Waals surface area (Å²) in [5.41, 5.74) is -0.555. The van der Waals surface area contributed by atoms with Crippen molar-refractivity contribution in [3.63, 3.8) is 0 Å². The summed E-state index contributed by atoms with van der Waals surface area (Å²) in [5, 5.41) is 39.9. The molecule has 45 heavy (non-hydrogen) atoms. The molecule has 5 rings (SSSR count). The Bertz CT molecular complexity index is 1720. The number of carbonyl (C=O) groups is 4. The van der Waals surface area contributed by atoms with Crippen molar-refractivity contribution in [3.8, 4) is 11.8 Å². The van der Waals surface area contributed by atoms with Crippen molar-refractivity contribution in [2.45, 2.75) is 22.6 Å². The van der Waals surface area contributed by atoms with E-state index in [-0.39, 0.29) is 69.8 Å². The number of aromatic amines is 1. The number of nitrogens with one attached hydrogen (secondary N) is 4. The zero-order valence-corrected chi connectivity index (χ0v) is 27.5. The maximum absolute atomic E-state index is 13.5. The number of benzene rings is 1. The number of aromatic nitrogens is 6. The minimum Gasteiger partial charge on any atom is -0.543 e. The normalized spacial score (nSPS) is 17.7. The summed E-state index contributed by atoms with van der Waals surface area (Å²) in [5.74, 6) is -2.70. The Kier molecular flexibility index (Phi) is 10.8. The van der Waals surface area contributed by atoms with E-state index >= 15 is 0 Å². The van der Waals surface area contributed by atoms with Crippen molar-refractivity contribution in [2.24, 2.45) is 7.05 Å². The molecule has 0 aliphatic carbocycles. The number of methoxy groups -OCH3 is 1. The number of H-pyrrole nitrogens is 1. The predicted octanol–water partition coefficient (Wildman–Crippen LogP) is -4.93. The maximum Gasteiger partial charge on any atom is 1.00 e. The minimum absolute atomic E-state index is 0. The topological polar surface area (TPSA) is 249 Å². The molecule has 4 amide bonds. The van der Waals surface area contributed by atoms with Gasteiger partial charge >= 0.3 is 35.6 Å². The van der Waals surface area contributed by atoms with Crippen LogP contribution in [0, 0.1) is 0 Å². The number of aromatic hydroxyl groups is 1. The smallest absolute Gasteiger partial charge is 0.543 e. The van der Waals surface area contributed by atoms with Gasteiger partial charge < -0.3 is 35.7 Å². The Morgan fingerprint density at radius 1 is 1.27 bits per heavy atom. The van der Waals surface area contributed by atoms with Gasteiger partial charge in [-0.3, -0.25) is 24.3 Å². The number of ether oxygens (including phenoxy) is 1. The summed E-state index contributed by atoms with van der Waals surface area (Å²) in [6.07, 6.45) is 1.06. The Hall–Kier alpha value is -4.11. The number of fused-ring (bicyclic) bond motifs is 1. The van der Waals surface area contributed by atoms with Crippen molar-refractivity contribution in [3.05, 3.63) is 57.6 Å². The summed E-state index contributed by atoms with van der Waals surface area (Å²) in [7, 11) is 2.93. The SMILES string of the molecule is COc1ncc(NC(=O)N[C@@H](C(=O)NC2C(=O)N3C(C(=O)[O-])=C(CSc4nnnn4C)CS[C@H]23)c2ccc(O)cc2)c(=O)[nH]1.[Na+]. The van der Waals surface area contributed by atoms with Crippen LogP contribution >= 0.6 is 23.5 Å². The second-order valence-electron chi connectivity index (χ2n) is 9.27. The molecule has 0 saturated carbocycles. The third-order valence-electron chi connectivity index (χ3n) is 6.48. The van der Waals surface area contributed by atoms with E-state index in [1.165, 1.54) is 59.6 Å². The van der Waals surface area contributed by atoms with Crippen LogP contribution in [-0.4, -0.2) is 94.0 Å². The van der Waals surface area contributed by atoms with Gasteiger partial charge in [0.25, 0.3) is 17.5 Å². The molecule has 2 aliphatic heterocycles. The first-order valence-corrected chi connectivity index (χ1v) is 14.6. The summed E-state index contributed by atoms with van der Waals surface area (Å²) < 4.78 is 6.25. The number of urea groups is 1. The van der Waals surface area contributed by atoms with Gasteiger partial charge in [-0.05, 0) is 33.7 Å². The van der Waals surface area contributed by atoms with Crippen LogP contribution in [0.5, 0.6) is 11.8 Å². The molecule has 0 radical (unpaired) electrons. The molecule has 0 bridgehead atoms. The number of aryl methyl sites for hydroxylation is 1. The van der Waals surface area contributed by atoms with Crippen molar-refractivity contribution < 1.29 is 63.7 Å². The number of hydrogen-bond acceptors (Lipinski definition) is 14. The molecule has 1 saturated heterocycles. The van der Waals surface area contributed by atoms with Gasteiger partial charge in [0.05, 0.1) is 25.0 Å². The van der Waals surface area contributed by atoms with Crippen LogP contribution in [-0.2, 0) is 21.4 Å². The molecule has 0 spiro atoms. The number of tetrazole rings is 1. The predicted molar refractivity (Wildman–Crippen MR) is 151 cm³/mol. The van der Waals surface area contributed by atoms with Crippen LogP contribution in [0.25, 0.3) is 0 Å². The van der Waals surface area contributed by atoms with Crippen LogP contribution in [0.2, 0.25) is 0 Å². The fraction of sp³-hybridized carbons (Fsp3) is 0.292. The minimum atomic E-state index is -1.54. The van der Waals surface area contributed by atoms with Gasteiger partial charge in [0.2, 0.25) is 11.1 Å². The van der Waals surface area contributed by atoms with Crippen molar-refractivity contribution in [1.29, 1.82) is 0 Å². The van der Waals surface area contributed by atoms with Crippen LogP contribution < -0.4 is 60.9 Å². The number of carbonyl (C=O) groups excluding carboxylic acids is 4. The largest absolute Gasteiger partial charge is 1.00 e. The molecule has 1 fully saturated rings. The molecular formula is C24H23N10NaO8S2. The third kappa shape index (κ3) is 7.25. The van der Waals surface area contributed by atoms with Crippen LogP contribution in [0.15, 0.2) is 51.7 Å². The van der Waals surface area contributed by atoms with Crippen LogP contribution in [0.4, 0.5) is 10.5 Å². The summed E-state index contributed by atoms with van der Waals surface area (Å²) in [6.45, 7) is 0. The van der Waals surface area contributed by atoms with Gasteiger partial charge in [0.15, 0.2) is 0 Å². The van der Waals surface area contributed by atoms with Crippen molar-refractivity contribution in [2.75, 3.05) is 23.9 Å². The summed E-state index contributed by atoms with van der Waals surface area (Å²) in [4.78, 5) is 71.0. The van der Waals surface area contributed by atoms with Crippen LogP contribution in [0.1, 0.15) is 11.6 Å². The number of hydrogen-bond donors (Lipinski definition) is 5. The second kappa shape index (κ2) is 14.3. The third-order valence-corrected chi connectivity index (χ3v) is 8.91. The Morgan fingerprint density at radius 2 is 2.00 bits per heavy atom. The first-order chi connectivity index (χ1) is 21.1. The number of thioether (sulfide) groups is 2. The molecule has 21 heteroatoms. The molecule has 18 nitrogen and oxygen atoms in total. The number of nitrogens with zero attached hydrogens (tertiary/aromatic N) is 6. The Labute approximate surface area is 284 Å². The molecule has 2 aromatic heterocycles. The van der Waals surface area contributed by atoms with Crippen molar-refractivity contribution in [1.82, 2.24) is 45.7 Å². The van der Waals surface area contributed by atoms with E-state index in [0.717, 1.165) is 11.1 Å². The van der Waals surface area contributed by atoms with E-state index in [2.05, 4.69) is 41.4 Å². The molecule has 230 valence electrons. The van der Waals surface area contributed by atoms with Gasteiger partial charge in [0, 0.05) is 18.6 Å². The van der Waals surface area contributed by atoms with Crippen LogP contribution in [0.3, 0.4) is 0 Å². The van der Waals surface area contributed by atoms with E-state index in [0.29, 0.717) is 10.7 Å². The van der Waals surface area contributed by atoms with E-state index in [4.69, 9.17) is 4.74 Å². The molecule has 5 N–H and O–H groups in total. The molecule has 2 aliphatic rings. The summed E-state index contributed by atoms with van der Waals surface area (Å²) in [6, 6.07) is 1.84. The molecular weight excluding hydrogens is 643 g/mol. The molecule has 1 aromatic carbocycles. The second-order valence-corrected chi connectivity index (χ2v) is 11.3. The first kappa shape index (κ1) is 33.8. The number of phenols is 1. The molecule has 3 aromatic rings. The standard InChI is InChI=1S/C24H24N10O8S2.Na/c1-33-24(30-31-32-33)44-9-11-8-43-20-15(19(38)34(20)16(11)21(39)40)27-18(37)14(10-3-5-12(35)6-4-10)28-22(41)26-13-7-25-23(42-2)29-17(13)36;/h3-7,14-15,20,35H,8-9H2,1-2H3,(H,27,37)(H,39,40)(H,25,29,36)(H2,26,28,41);/q;+1/p-1/t14-,15?,20-;/m1./s1. The number of carboxylic acid groups (broad SMARTS) is 1. The Morgan fingerprint density at radius 3 is 2.62 bits per heavy atom. The summed E-state index contributed by atoms with van der Waals surface area (Å²) >= 11 is 2.44. The van der Waals surface area contributed by atoms with Gasteiger partial charge in [-0.15, -0.1) is 16.9 Å². The number of phenolic OH excluding ortho intramolecular Hbond substituents is 1. The monoisotopic (exact) mass is 666 g/mol. The van der Waals surface area contributed by atoms with E-state index in [9.17, 15) is 34.2 Å². The quantitative estimate of drug-likeness (QED) is 0.0773. The zero-order valence-electron chi connectivity index (χ0n) is 23.8. The van der Waals surface area contributed by atoms with E-state index in [1.807, 2.05) is 0 Å². The van der Waals surface area contributed by atoms with Gasteiger partial charge in [-0.2, -0.15) is 0 Å². The zero-order chi connectivity index (χ0) is 31.5. The average Bonchev–Trinajstić information content (AvgIpc) is 3.42. The number of aliphatic carboxylic acids is 1. The first-order valence-electron chi connectivity index (χ1n) is 12.6. The average molecular weight is 667 g/mol. The fourth-order valence-electron chi connectivity index (χ4n) is 4.34. The Balaban J connectivity index is 0.00000461. The number of anilines is 1. The number of β-lactam (4-membered cyclic amide) rings is 1. The molecule has 1 unspecified atom stereocenters. The van der Waals surface area contributed by atoms with Gasteiger partial charge in [-0.25, -0.2) is 14.5 Å². The maximum atomic E-state index is 13.5. The van der Waals surface area contributed by atoms with E-state index in [1.54, 1.807) is 7.05 Å². The fourth-order valence-corrected chi connectivity index (χ4v) is 6.68. The molecule has 3 atom stereocenters. The molecule has 4 heterocycles. The number of rotatable bonds is 10. The van der Waals surface area contributed by atoms with Gasteiger partial charge in [0.1, 0.15) is 28.9 Å². The van der Waals surface area contributed by atoms with Crippen molar-refractivity contribution >= 4 is 53.0 Å². The van der Waals surface area contributed by atoms with Gasteiger partial charge in [-0.1, -0.05) is 23.9 Å².